The lowest BCUT2D eigenvalue weighted by Gasteiger charge is -2.03. The van der Waals surface area contributed by atoms with Crippen LogP contribution in [-0.2, 0) is 0 Å². The SMILES string of the molecule is C[C@H](Cl)c1ccc(Cl)c(Cl)c1. The first-order chi connectivity index (χ1) is 5.11. The Balaban J connectivity index is 3.05. The lowest BCUT2D eigenvalue weighted by Crippen LogP contribution is -1.83. The normalized spacial score (nSPS) is 13.1. The second kappa shape index (κ2) is 3.66. The van der Waals surface area contributed by atoms with E-state index in [1.807, 2.05) is 13.0 Å². The maximum atomic E-state index is 5.83. The van der Waals surface area contributed by atoms with E-state index in [0.29, 0.717) is 10.0 Å². The molecule has 0 spiro atoms. The zero-order chi connectivity index (χ0) is 8.43. The van der Waals surface area contributed by atoms with Gasteiger partial charge in [-0.15, -0.1) is 11.6 Å². The molecule has 3 heteroatoms. The molecule has 0 aliphatic heterocycles. The first-order valence-corrected chi connectivity index (χ1v) is 4.39. The van der Waals surface area contributed by atoms with E-state index >= 15 is 0 Å². The van der Waals surface area contributed by atoms with Crippen molar-refractivity contribution >= 4 is 34.8 Å². The number of hydrogen-bond donors (Lipinski definition) is 0. The Morgan fingerprint density at radius 1 is 1.18 bits per heavy atom. The summed E-state index contributed by atoms with van der Waals surface area (Å²) in [5, 5.41) is 1.09. The third kappa shape index (κ3) is 2.26. The highest BCUT2D eigenvalue weighted by atomic mass is 35.5. The summed E-state index contributed by atoms with van der Waals surface area (Å²) >= 11 is 17.3. The van der Waals surface area contributed by atoms with Crippen LogP contribution in [0.1, 0.15) is 17.9 Å². The third-order valence-electron chi connectivity index (χ3n) is 1.40. The van der Waals surface area contributed by atoms with Gasteiger partial charge >= 0.3 is 0 Å². The van der Waals surface area contributed by atoms with Crippen LogP contribution in [0.4, 0.5) is 0 Å². The summed E-state index contributed by atoms with van der Waals surface area (Å²) in [5.41, 5.74) is 0.987. The van der Waals surface area contributed by atoms with Gasteiger partial charge in [-0.05, 0) is 24.6 Å². The highest BCUT2D eigenvalue weighted by molar-refractivity contribution is 6.42. The zero-order valence-electron chi connectivity index (χ0n) is 5.94. The van der Waals surface area contributed by atoms with Gasteiger partial charge in [0, 0.05) is 0 Å². The van der Waals surface area contributed by atoms with Crippen LogP contribution in [0.3, 0.4) is 0 Å². The highest BCUT2D eigenvalue weighted by Gasteiger charge is 2.03. The second-order valence-corrected chi connectivity index (χ2v) is 3.76. The van der Waals surface area contributed by atoms with E-state index in [-0.39, 0.29) is 5.38 Å². The predicted molar refractivity (Wildman–Crippen MR) is 50.7 cm³/mol. The molecule has 0 aliphatic rings. The maximum Gasteiger partial charge on any atom is 0.0595 e. The van der Waals surface area contributed by atoms with Gasteiger partial charge in [0.25, 0.3) is 0 Å². The summed E-state index contributed by atoms with van der Waals surface area (Å²) in [6.45, 7) is 1.89. The van der Waals surface area contributed by atoms with E-state index in [1.54, 1.807) is 12.1 Å². The van der Waals surface area contributed by atoms with Crippen LogP contribution in [0.25, 0.3) is 0 Å². The number of rotatable bonds is 1. The topological polar surface area (TPSA) is 0 Å². The van der Waals surface area contributed by atoms with Crippen molar-refractivity contribution in [1.82, 2.24) is 0 Å². The molecule has 1 rings (SSSR count). The molecule has 1 atom stereocenters. The molecular weight excluding hydrogens is 202 g/mol. The van der Waals surface area contributed by atoms with Gasteiger partial charge in [0.1, 0.15) is 0 Å². The average Bonchev–Trinajstić information content (AvgIpc) is 1.94. The molecule has 0 radical (unpaired) electrons. The summed E-state index contributed by atoms with van der Waals surface area (Å²) in [4.78, 5) is 0. The molecule has 0 aromatic heterocycles. The molecule has 60 valence electrons. The quantitative estimate of drug-likeness (QED) is 0.605. The molecule has 0 saturated heterocycles. The molecule has 0 bridgehead atoms. The van der Waals surface area contributed by atoms with Gasteiger partial charge in [-0.25, -0.2) is 0 Å². The minimum Gasteiger partial charge on any atom is -0.118 e. The fraction of sp³-hybridized carbons (Fsp3) is 0.250. The summed E-state index contributed by atoms with van der Waals surface area (Å²) < 4.78 is 0. The van der Waals surface area contributed by atoms with Gasteiger partial charge in [0.2, 0.25) is 0 Å². The third-order valence-corrected chi connectivity index (χ3v) is 2.39. The zero-order valence-corrected chi connectivity index (χ0v) is 8.21. The molecule has 0 unspecified atom stereocenters. The number of benzene rings is 1. The van der Waals surface area contributed by atoms with Gasteiger partial charge in [-0.2, -0.15) is 0 Å². The van der Waals surface area contributed by atoms with E-state index < -0.39 is 0 Å². The lowest BCUT2D eigenvalue weighted by atomic mass is 10.2. The molecule has 11 heavy (non-hydrogen) atoms. The molecule has 0 heterocycles. The van der Waals surface area contributed by atoms with Crippen molar-refractivity contribution in [3.05, 3.63) is 33.8 Å². The van der Waals surface area contributed by atoms with Crippen LogP contribution in [0, 0.1) is 0 Å². The lowest BCUT2D eigenvalue weighted by molar-refractivity contribution is 1.08. The van der Waals surface area contributed by atoms with E-state index in [4.69, 9.17) is 34.8 Å². The molecule has 1 aromatic rings. The van der Waals surface area contributed by atoms with Gasteiger partial charge in [-0.3, -0.25) is 0 Å². The molecule has 1 aromatic carbocycles. The fourth-order valence-electron chi connectivity index (χ4n) is 0.760. The first kappa shape index (κ1) is 9.18. The van der Waals surface area contributed by atoms with E-state index in [1.165, 1.54) is 0 Å². The Hall–Kier alpha value is 0.0900. The summed E-state index contributed by atoms with van der Waals surface area (Å²) in [5.74, 6) is 0. The first-order valence-electron chi connectivity index (χ1n) is 3.20. The van der Waals surface area contributed by atoms with E-state index in [0.717, 1.165) is 5.56 Å². The van der Waals surface area contributed by atoms with E-state index in [2.05, 4.69) is 0 Å². The Kier molecular flexibility index (Phi) is 3.06. The van der Waals surface area contributed by atoms with Crippen molar-refractivity contribution in [2.24, 2.45) is 0 Å². The smallest absolute Gasteiger partial charge is 0.0595 e. The molecule has 0 saturated carbocycles. The highest BCUT2D eigenvalue weighted by Crippen LogP contribution is 2.27. The molecule has 0 N–H and O–H groups in total. The molecule has 0 aliphatic carbocycles. The van der Waals surface area contributed by atoms with Crippen LogP contribution in [0.5, 0.6) is 0 Å². The van der Waals surface area contributed by atoms with Crippen LogP contribution in [0.15, 0.2) is 18.2 Å². The van der Waals surface area contributed by atoms with Crippen LogP contribution >= 0.6 is 34.8 Å². The van der Waals surface area contributed by atoms with Gasteiger partial charge in [-0.1, -0.05) is 29.3 Å². The molecule has 0 fully saturated rings. The minimum atomic E-state index is -0.0234. The number of halogens is 3. The van der Waals surface area contributed by atoms with Crippen LogP contribution in [-0.4, -0.2) is 0 Å². The van der Waals surface area contributed by atoms with Crippen molar-refractivity contribution in [2.75, 3.05) is 0 Å². The second-order valence-electron chi connectivity index (χ2n) is 2.29. The van der Waals surface area contributed by atoms with Crippen molar-refractivity contribution in [1.29, 1.82) is 0 Å². The standard InChI is InChI=1S/C8H7Cl3/c1-5(9)6-2-3-7(10)8(11)4-6/h2-5H,1H3/t5-/m0/s1. The fourth-order valence-corrected chi connectivity index (χ4v) is 1.20. The monoisotopic (exact) mass is 208 g/mol. The summed E-state index contributed by atoms with van der Waals surface area (Å²) in [6, 6.07) is 5.39. The predicted octanol–water partition coefficient (Wildman–Crippen LogP) is 4.29. The van der Waals surface area contributed by atoms with Crippen molar-refractivity contribution in [3.63, 3.8) is 0 Å². The Labute approximate surface area is 81.1 Å². The molecule has 0 nitrogen and oxygen atoms in total. The van der Waals surface area contributed by atoms with Crippen LogP contribution < -0.4 is 0 Å². The largest absolute Gasteiger partial charge is 0.118 e. The Morgan fingerprint density at radius 3 is 2.27 bits per heavy atom. The van der Waals surface area contributed by atoms with Crippen molar-refractivity contribution < 1.29 is 0 Å². The number of hydrogen-bond acceptors (Lipinski definition) is 0. The van der Waals surface area contributed by atoms with Gasteiger partial charge < -0.3 is 0 Å². The van der Waals surface area contributed by atoms with Crippen molar-refractivity contribution in [2.45, 2.75) is 12.3 Å². The average molecular weight is 210 g/mol. The minimum absolute atomic E-state index is 0.0234. The van der Waals surface area contributed by atoms with Crippen LogP contribution in [0.2, 0.25) is 10.0 Å². The van der Waals surface area contributed by atoms with Gasteiger partial charge in [0.15, 0.2) is 0 Å². The van der Waals surface area contributed by atoms with Gasteiger partial charge in [0.05, 0.1) is 15.4 Å². The maximum absolute atomic E-state index is 5.83. The summed E-state index contributed by atoms with van der Waals surface area (Å²) in [7, 11) is 0. The number of alkyl halides is 1. The molecule has 0 amide bonds. The van der Waals surface area contributed by atoms with Crippen molar-refractivity contribution in [3.8, 4) is 0 Å². The Morgan fingerprint density at radius 2 is 1.82 bits per heavy atom. The Bertz CT molecular complexity index is 256. The van der Waals surface area contributed by atoms with E-state index in [9.17, 15) is 0 Å². The summed E-state index contributed by atoms with van der Waals surface area (Å²) in [6.07, 6.45) is 0. The molecular formula is C8H7Cl3.